The quantitative estimate of drug-likeness (QED) is 0.443. The van der Waals surface area contributed by atoms with E-state index in [2.05, 4.69) is 32.9 Å². The lowest BCUT2D eigenvalue weighted by Gasteiger charge is -2.56. The van der Waals surface area contributed by atoms with Gasteiger partial charge >= 0.3 is 5.97 Å². The summed E-state index contributed by atoms with van der Waals surface area (Å²) in [6.07, 6.45) is 15.1. The SMILES string of the molecule is C/C=C1/CC[C@H]2C3CC[C@@H]4C[C@H](OC(C)=O)CC[C@]4(C)C3=CC[C@]12C. The lowest BCUT2D eigenvalue weighted by atomic mass is 9.49. The van der Waals surface area contributed by atoms with Gasteiger partial charge in [-0.05, 0) is 86.9 Å². The van der Waals surface area contributed by atoms with Gasteiger partial charge < -0.3 is 4.74 Å². The summed E-state index contributed by atoms with van der Waals surface area (Å²) in [5.41, 5.74) is 4.25. The number of rotatable bonds is 1. The van der Waals surface area contributed by atoms with Crippen LogP contribution in [0.4, 0.5) is 0 Å². The third-order valence-electron chi connectivity index (χ3n) is 8.51. The Kier molecular flexibility index (Phi) is 4.16. The molecule has 0 aromatic heterocycles. The fraction of sp³-hybridized carbons (Fsp3) is 0.783. The van der Waals surface area contributed by atoms with Crippen LogP contribution in [0.25, 0.3) is 0 Å². The summed E-state index contributed by atoms with van der Waals surface area (Å²) in [7, 11) is 0. The number of esters is 1. The first-order valence-electron chi connectivity index (χ1n) is 10.4. The average Bonchev–Trinajstić information content (AvgIpc) is 2.91. The van der Waals surface area contributed by atoms with E-state index in [1.165, 1.54) is 38.5 Å². The number of ether oxygens (including phenoxy) is 1. The summed E-state index contributed by atoms with van der Waals surface area (Å²) in [4.78, 5) is 11.4. The van der Waals surface area contributed by atoms with E-state index in [4.69, 9.17) is 4.74 Å². The molecule has 6 atom stereocenters. The van der Waals surface area contributed by atoms with Crippen LogP contribution in [0.15, 0.2) is 23.3 Å². The third-order valence-corrected chi connectivity index (χ3v) is 8.51. The summed E-state index contributed by atoms with van der Waals surface area (Å²) < 4.78 is 5.57. The van der Waals surface area contributed by atoms with E-state index >= 15 is 0 Å². The topological polar surface area (TPSA) is 26.3 Å². The molecule has 4 rings (SSSR count). The number of hydrogen-bond donors (Lipinski definition) is 0. The van der Waals surface area contributed by atoms with E-state index < -0.39 is 0 Å². The normalized spacial score (nSPS) is 47.5. The third kappa shape index (κ3) is 2.54. The van der Waals surface area contributed by atoms with E-state index in [0.717, 1.165) is 24.7 Å². The molecule has 1 unspecified atom stereocenters. The Bertz CT molecular complexity index is 630. The molecule has 2 nitrogen and oxygen atoms in total. The summed E-state index contributed by atoms with van der Waals surface area (Å²) >= 11 is 0. The minimum absolute atomic E-state index is 0.111. The van der Waals surface area contributed by atoms with Crippen LogP contribution >= 0.6 is 0 Å². The molecular formula is C23H34O2. The van der Waals surface area contributed by atoms with Crippen LogP contribution in [-0.4, -0.2) is 12.1 Å². The predicted molar refractivity (Wildman–Crippen MR) is 101 cm³/mol. The van der Waals surface area contributed by atoms with Crippen molar-refractivity contribution in [3.05, 3.63) is 23.3 Å². The smallest absolute Gasteiger partial charge is 0.302 e. The van der Waals surface area contributed by atoms with Gasteiger partial charge in [0, 0.05) is 6.92 Å². The molecule has 0 heterocycles. The van der Waals surface area contributed by atoms with Crippen molar-refractivity contribution in [3.63, 3.8) is 0 Å². The summed E-state index contributed by atoms with van der Waals surface area (Å²) in [6, 6.07) is 0. The van der Waals surface area contributed by atoms with Gasteiger partial charge in [-0.25, -0.2) is 0 Å². The first kappa shape index (κ1) is 17.4. The fourth-order valence-corrected chi connectivity index (χ4v) is 7.16. The number of fused-ring (bicyclic) bond motifs is 5. The number of carbonyl (C=O) groups is 1. The molecular weight excluding hydrogens is 308 g/mol. The van der Waals surface area contributed by atoms with Crippen LogP contribution in [0.1, 0.15) is 79.1 Å². The lowest BCUT2D eigenvalue weighted by Crippen LogP contribution is -2.48. The number of hydrogen-bond acceptors (Lipinski definition) is 2. The Morgan fingerprint density at radius 3 is 2.72 bits per heavy atom. The summed E-state index contributed by atoms with van der Waals surface area (Å²) in [6.45, 7) is 8.83. The first-order valence-corrected chi connectivity index (χ1v) is 10.4. The van der Waals surface area contributed by atoms with Crippen molar-refractivity contribution in [1.29, 1.82) is 0 Å². The predicted octanol–water partition coefficient (Wildman–Crippen LogP) is 5.83. The maximum Gasteiger partial charge on any atom is 0.302 e. The molecule has 3 fully saturated rings. The van der Waals surface area contributed by atoms with Gasteiger partial charge in [-0.3, -0.25) is 4.79 Å². The highest BCUT2D eigenvalue weighted by molar-refractivity contribution is 5.66. The first-order chi connectivity index (χ1) is 11.9. The van der Waals surface area contributed by atoms with Crippen LogP contribution in [0, 0.1) is 28.6 Å². The highest BCUT2D eigenvalue weighted by Gasteiger charge is 2.55. The van der Waals surface area contributed by atoms with Gasteiger partial charge in [0.2, 0.25) is 0 Å². The van der Waals surface area contributed by atoms with E-state index in [1.807, 2.05) is 0 Å². The van der Waals surface area contributed by atoms with Gasteiger partial charge in [0.1, 0.15) is 6.10 Å². The molecule has 0 bridgehead atoms. The van der Waals surface area contributed by atoms with Crippen molar-refractivity contribution >= 4 is 5.97 Å². The van der Waals surface area contributed by atoms with Crippen molar-refractivity contribution in [2.75, 3.05) is 0 Å². The molecule has 0 aliphatic heterocycles. The van der Waals surface area contributed by atoms with Gasteiger partial charge in [-0.15, -0.1) is 0 Å². The van der Waals surface area contributed by atoms with Crippen LogP contribution in [0.2, 0.25) is 0 Å². The second kappa shape index (κ2) is 5.99. The zero-order chi connectivity index (χ0) is 17.8. The Morgan fingerprint density at radius 2 is 2.00 bits per heavy atom. The van der Waals surface area contributed by atoms with Gasteiger partial charge in [-0.1, -0.05) is 37.1 Å². The fourth-order valence-electron chi connectivity index (χ4n) is 7.16. The number of allylic oxidation sites excluding steroid dienone is 4. The molecule has 0 aromatic carbocycles. The molecule has 0 radical (unpaired) electrons. The van der Waals surface area contributed by atoms with Gasteiger partial charge in [-0.2, -0.15) is 0 Å². The van der Waals surface area contributed by atoms with Crippen LogP contribution in [-0.2, 0) is 9.53 Å². The second-order valence-corrected chi connectivity index (χ2v) is 9.54. The van der Waals surface area contributed by atoms with Gasteiger partial charge in [0.25, 0.3) is 0 Å². The zero-order valence-electron chi connectivity index (χ0n) is 16.4. The van der Waals surface area contributed by atoms with Crippen molar-refractivity contribution in [3.8, 4) is 0 Å². The second-order valence-electron chi connectivity index (χ2n) is 9.54. The number of carbonyl (C=O) groups excluding carboxylic acids is 1. The van der Waals surface area contributed by atoms with E-state index in [-0.39, 0.29) is 12.1 Å². The minimum atomic E-state index is -0.111. The molecule has 3 saturated carbocycles. The maximum absolute atomic E-state index is 11.4. The Labute approximate surface area is 153 Å². The minimum Gasteiger partial charge on any atom is -0.463 e. The van der Waals surface area contributed by atoms with Gasteiger partial charge in [0.05, 0.1) is 0 Å². The van der Waals surface area contributed by atoms with E-state index in [9.17, 15) is 4.79 Å². The molecule has 138 valence electrons. The molecule has 0 N–H and O–H groups in total. The Hall–Kier alpha value is -1.05. The van der Waals surface area contributed by atoms with Crippen molar-refractivity contribution in [2.24, 2.45) is 28.6 Å². The maximum atomic E-state index is 11.4. The molecule has 0 spiro atoms. The van der Waals surface area contributed by atoms with Crippen molar-refractivity contribution < 1.29 is 9.53 Å². The van der Waals surface area contributed by atoms with E-state index in [0.29, 0.717) is 16.7 Å². The molecule has 4 aliphatic carbocycles. The van der Waals surface area contributed by atoms with Gasteiger partial charge in [0.15, 0.2) is 0 Å². The average molecular weight is 343 g/mol. The summed E-state index contributed by atoms with van der Waals surface area (Å²) in [5.74, 6) is 2.23. The van der Waals surface area contributed by atoms with Crippen molar-refractivity contribution in [2.45, 2.75) is 85.2 Å². The zero-order valence-corrected chi connectivity index (χ0v) is 16.4. The Balaban J connectivity index is 1.60. The van der Waals surface area contributed by atoms with Crippen LogP contribution in [0.5, 0.6) is 0 Å². The monoisotopic (exact) mass is 342 g/mol. The molecule has 25 heavy (non-hydrogen) atoms. The molecule has 4 aliphatic rings. The highest BCUT2D eigenvalue weighted by atomic mass is 16.5. The molecule has 0 aromatic rings. The molecule has 2 heteroatoms. The van der Waals surface area contributed by atoms with E-state index in [1.54, 1.807) is 18.1 Å². The molecule has 0 saturated heterocycles. The summed E-state index contributed by atoms with van der Waals surface area (Å²) in [5, 5.41) is 0. The Morgan fingerprint density at radius 1 is 1.20 bits per heavy atom. The lowest BCUT2D eigenvalue weighted by molar-refractivity contribution is -0.151. The van der Waals surface area contributed by atoms with Crippen LogP contribution in [0.3, 0.4) is 0 Å². The molecule has 0 amide bonds. The highest BCUT2D eigenvalue weighted by Crippen LogP contribution is 2.65. The van der Waals surface area contributed by atoms with Crippen molar-refractivity contribution in [1.82, 2.24) is 0 Å². The largest absolute Gasteiger partial charge is 0.463 e. The van der Waals surface area contributed by atoms with Crippen LogP contribution < -0.4 is 0 Å². The standard InChI is InChI=1S/C23H34O2/c1-5-16-7-9-20-19-8-6-17-14-18(25-15(2)24)10-12-23(17,4)21(19)11-13-22(16,20)3/h5,11,17-20H,6-10,12-14H2,1-4H3/b16-5-/t17-,18-,19?,20+,22-,23+/m1/s1.